The molecule has 0 aromatic heterocycles. The summed E-state index contributed by atoms with van der Waals surface area (Å²) in [6.07, 6.45) is 0. The molecule has 8 heteroatoms. The quantitative estimate of drug-likeness (QED) is 0.237. The van der Waals surface area contributed by atoms with E-state index in [1.165, 1.54) is 5.46 Å². The highest BCUT2D eigenvalue weighted by atomic mass is 16.5. The van der Waals surface area contributed by atoms with Crippen molar-refractivity contribution in [3.63, 3.8) is 0 Å². The van der Waals surface area contributed by atoms with Gasteiger partial charge in [0.2, 0.25) is 0 Å². The average Bonchev–Trinajstić information content (AvgIpc) is 3.04. The summed E-state index contributed by atoms with van der Waals surface area (Å²) in [4.78, 5) is 4.57. The Hall–Kier alpha value is -5.24. The molecule has 0 unspecified atom stereocenters. The molecule has 0 atom stereocenters. The molecule has 0 saturated heterocycles. The molecule has 8 rings (SSSR count). The average molecular weight is 554 g/mol. The molecule has 0 aliphatic carbocycles. The second-order valence-electron chi connectivity index (χ2n) is 10.4. The molecule has 5 aromatic rings. The smallest absolute Gasteiger partial charge is 0.261 e. The van der Waals surface area contributed by atoms with E-state index in [0.717, 1.165) is 79.5 Å². The molecule has 3 aliphatic rings. The molecule has 0 N–H and O–H groups in total. The van der Waals surface area contributed by atoms with Crippen LogP contribution in [0.1, 0.15) is 0 Å². The van der Waals surface area contributed by atoms with Crippen LogP contribution in [0.25, 0.3) is 0 Å². The Morgan fingerprint density at radius 1 is 0.476 bits per heavy atom. The Balaban J connectivity index is 1.46. The second kappa shape index (κ2) is 9.14. The van der Waals surface area contributed by atoms with Gasteiger partial charge in [0.25, 0.3) is 6.71 Å². The van der Waals surface area contributed by atoms with Crippen LogP contribution in [0.5, 0.6) is 34.5 Å². The van der Waals surface area contributed by atoms with Gasteiger partial charge in [-0.3, -0.25) is 0 Å². The van der Waals surface area contributed by atoms with Crippen molar-refractivity contribution >= 4 is 57.2 Å². The van der Waals surface area contributed by atoms with Crippen molar-refractivity contribution in [1.82, 2.24) is 0 Å². The molecule has 0 spiro atoms. The van der Waals surface area contributed by atoms with Gasteiger partial charge >= 0.3 is 0 Å². The number of benzene rings is 5. The molecule has 3 heterocycles. The van der Waals surface area contributed by atoms with Crippen molar-refractivity contribution < 1.29 is 23.7 Å². The van der Waals surface area contributed by atoms with Crippen LogP contribution in [0.3, 0.4) is 0 Å². The minimum Gasteiger partial charge on any atom is -0.497 e. The Morgan fingerprint density at radius 2 is 0.833 bits per heavy atom. The van der Waals surface area contributed by atoms with Gasteiger partial charge in [-0.15, -0.1) is 0 Å². The maximum Gasteiger partial charge on any atom is 0.261 e. The van der Waals surface area contributed by atoms with Gasteiger partial charge in [0.1, 0.15) is 34.5 Å². The molecule has 7 nitrogen and oxygen atoms in total. The van der Waals surface area contributed by atoms with E-state index in [1.807, 2.05) is 36.4 Å². The summed E-state index contributed by atoms with van der Waals surface area (Å²) in [7, 11) is 6.69. The zero-order chi connectivity index (χ0) is 28.5. The summed E-state index contributed by atoms with van der Waals surface area (Å²) in [5.41, 5.74) is 9.65. The number of hydrogen-bond acceptors (Lipinski definition) is 7. The van der Waals surface area contributed by atoms with E-state index >= 15 is 0 Å². The fourth-order valence-electron chi connectivity index (χ4n) is 6.65. The van der Waals surface area contributed by atoms with Crippen molar-refractivity contribution in [1.29, 1.82) is 0 Å². The van der Waals surface area contributed by atoms with E-state index in [0.29, 0.717) is 0 Å². The number of anilines is 6. The van der Waals surface area contributed by atoms with Gasteiger partial charge in [0, 0.05) is 59.1 Å². The third-order valence-electron chi connectivity index (χ3n) is 8.38. The summed E-state index contributed by atoms with van der Waals surface area (Å²) in [6, 6.07) is 31.0. The molecule has 0 amide bonds. The maximum absolute atomic E-state index is 6.65. The Bertz CT molecular complexity index is 1730. The van der Waals surface area contributed by atoms with Crippen LogP contribution in [-0.4, -0.2) is 35.2 Å². The zero-order valence-corrected chi connectivity index (χ0v) is 23.7. The molecule has 0 fully saturated rings. The topological polar surface area (TPSA) is 52.6 Å². The molecule has 3 aliphatic heterocycles. The first-order valence-corrected chi connectivity index (χ1v) is 13.8. The highest BCUT2D eigenvalue weighted by Gasteiger charge is 2.48. The fraction of sp³-hybridized carbons (Fsp3) is 0.118. The predicted molar refractivity (Wildman–Crippen MR) is 167 cm³/mol. The largest absolute Gasteiger partial charge is 0.497 e. The van der Waals surface area contributed by atoms with E-state index in [4.69, 9.17) is 23.7 Å². The molecule has 206 valence electrons. The molecule has 0 saturated carbocycles. The molecule has 0 radical (unpaired) electrons. The van der Waals surface area contributed by atoms with Gasteiger partial charge < -0.3 is 33.5 Å². The van der Waals surface area contributed by atoms with Crippen molar-refractivity contribution in [2.45, 2.75) is 0 Å². The summed E-state index contributed by atoms with van der Waals surface area (Å²) < 4.78 is 29.4. The normalized spacial score (nSPS) is 13.3. The summed E-state index contributed by atoms with van der Waals surface area (Å²) >= 11 is 0. The minimum absolute atomic E-state index is 0.00476. The number of hydrogen-bond donors (Lipinski definition) is 0. The van der Waals surface area contributed by atoms with Crippen LogP contribution < -0.4 is 49.9 Å². The number of nitrogens with zero attached hydrogens (tertiary/aromatic N) is 2. The number of rotatable bonds is 6. The Morgan fingerprint density at radius 3 is 1.21 bits per heavy atom. The summed E-state index contributed by atoms with van der Waals surface area (Å²) in [6.45, 7) is -0.00476. The predicted octanol–water partition coefficient (Wildman–Crippen LogP) is 5.91. The lowest BCUT2D eigenvalue weighted by Gasteiger charge is -2.46. The highest BCUT2D eigenvalue weighted by Crippen LogP contribution is 2.49. The zero-order valence-electron chi connectivity index (χ0n) is 23.7. The van der Waals surface area contributed by atoms with E-state index in [-0.39, 0.29) is 6.71 Å². The van der Waals surface area contributed by atoms with Crippen molar-refractivity contribution in [2.24, 2.45) is 0 Å². The van der Waals surface area contributed by atoms with E-state index < -0.39 is 0 Å². The standard InChI is InChI=1S/C34H27BN2O5/c1-38-22-14-20(15-23(18-22)39-2)36-26-8-5-9-27-32(26)35-33-28(36)10-6-12-30(33)42-31-13-7-11-29(34(31)35)37(27)21-16-24(40-3)19-25(17-21)41-4/h5-19H,1-4H3. The van der Waals surface area contributed by atoms with Gasteiger partial charge in [0.05, 0.1) is 39.8 Å². The first-order chi connectivity index (χ1) is 20.6. The number of methoxy groups -OCH3 is 4. The Labute approximate surface area is 244 Å². The van der Waals surface area contributed by atoms with Crippen LogP contribution in [0.2, 0.25) is 0 Å². The van der Waals surface area contributed by atoms with Crippen LogP contribution >= 0.6 is 0 Å². The second-order valence-corrected chi connectivity index (χ2v) is 10.4. The molecular formula is C34H27BN2O5. The highest BCUT2D eigenvalue weighted by molar-refractivity contribution is 7.01. The molecule has 42 heavy (non-hydrogen) atoms. The van der Waals surface area contributed by atoms with Crippen molar-refractivity contribution in [3.05, 3.63) is 91.0 Å². The molecule has 0 bridgehead atoms. The summed E-state index contributed by atoms with van der Waals surface area (Å²) in [5, 5.41) is 0. The van der Waals surface area contributed by atoms with E-state index in [2.05, 4.69) is 64.4 Å². The van der Waals surface area contributed by atoms with Gasteiger partial charge in [-0.2, -0.15) is 0 Å². The van der Waals surface area contributed by atoms with Crippen molar-refractivity contribution in [3.8, 4) is 34.5 Å². The lowest BCUT2D eigenvalue weighted by Crippen LogP contribution is -2.63. The van der Waals surface area contributed by atoms with Gasteiger partial charge in [-0.05, 0) is 52.8 Å². The van der Waals surface area contributed by atoms with Gasteiger partial charge in [-0.25, -0.2) is 0 Å². The maximum atomic E-state index is 6.65. The Kier molecular flexibility index (Phi) is 5.34. The molecular weight excluding hydrogens is 527 g/mol. The minimum atomic E-state index is -0.00476. The SMILES string of the molecule is COc1cc(OC)cc(N2c3cccc4c3B3c5c(cccc5N(c5cc(OC)cc(OC)c5)c5cccc2c53)O4)c1. The van der Waals surface area contributed by atoms with Gasteiger partial charge in [0.15, 0.2) is 0 Å². The van der Waals surface area contributed by atoms with Gasteiger partial charge in [-0.1, -0.05) is 18.2 Å². The fourth-order valence-corrected chi connectivity index (χ4v) is 6.65. The van der Waals surface area contributed by atoms with E-state index in [9.17, 15) is 0 Å². The third kappa shape index (κ3) is 3.35. The summed E-state index contributed by atoms with van der Waals surface area (Å²) in [5.74, 6) is 4.59. The van der Waals surface area contributed by atoms with Crippen LogP contribution in [0.15, 0.2) is 91.0 Å². The van der Waals surface area contributed by atoms with Crippen LogP contribution in [0.4, 0.5) is 34.1 Å². The van der Waals surface area contributed by atoms with Crippen molar-refractivity contribution in [2.75, 3.05) is 38.2 Å². The number of ether oxygens (including phenoxy) is 5. The lowest BCUT2D eigenvalue weighted by molar-refractivity contribution is 0.394. The van der Waals surface area contributed by atoms with Crippen LogP contribution in [0, 0.1) is 0 Å². The first-order valence-electron chi connectivity index (χ1n) is 13.8. The monoisotopic (exact) mass is 554 g/mol. The lowest BCUT2D eigenvalue weighted by atomic mass is 9.32. The third-order valence-corrected chi connectivity index (χ3v) is 8.38. The van der Waals surface area contributed by atoms with E-state index in [1.54, 1.807) is 28.4 Å². The van der Waals surface area contributed by atoms with Crippen LogP contribution in [-0.2, 0) is 0 Å². The first kappa shape index (κ1) is 24.6. The molecule has 5 aromatic carbocycles.